The number of hydrogen-bond donors (Lipinski definition) is 3. The van der Waals surface area contributed by atoms with Crippen LogP contribution in [0.25, 0.3) is 5.65 Å². The van der Waals surface area contributed by atoms with Gasteiger partial charge in [-0.1, -0.05) is 0 Å². The average molecular weight is 630 g/mol. The van der Waals surface area contributed by atoms with Crippen LogP contribution in [0.3, 0.4) is 0 Å². The van der Waals surface area contributed by atoms with E-state index in [-0.39, 0.29) is 60.7 Å². The standard InChI is InChI=1S/C26H32F5N9O4/c1-15(41)38(2)9-10-40-33-13-18(37-40)24(44)36-22(16-3-6-25(27,28)7-4-16)19-14-39-20(34-19)11-17(12-32-39)23(43)35-21(42)5-8-26(29,30)31/h11-14,16,22-23,43H,3-10H2,1-2H3,(H,35,42)(H,36,44)/t22-,23+/m0/s1. The summed E-state index contributed by atoms with van der Waals surface area (Å²) in [6.07, 6.45) is -5.05. The number of halogens is 5. The van der Waals surface area contributed by atoms with Crippen molar-refractivity contribution in [1.29, 1.82) is 0 Å². The molecule has 3 aromatic heterocycles. The van der Waals surface area contributed by atoms with Crippen molar-refractivity contribution in [3.8, 4) is 0 Å². The maximum absolute atomic E-state index is 14.0. The first-order chi connectivity index (χ1) is 20.6. The molecule has 44 heavy (non-hydrogen) atoms. The zero-order valence-electron chi connectivity index (χ0n) is 23.9. The Bertz CT molecular complexity index is 1480. The van der Waals surface area contributed by atoms with Crippen LogP contribution < -0.4 is 10.6 Å². The normalized spacial score (nSPS) is 16.8. The number of imidazole rings is 1. The Hall–Kier alpha value is -4.22. The summed E-state index contributed by atoms with van der Waals surface area (Å²) in [4.78, 5) is 43.7. The molecule has 3 heterocycles. The van der Waals surface area contributed by atoms with Crippen molar-refractivity contribution < 1.29 is 41.4 Å². The lowest BCUT2D eigenvalue weighted by atomic mass is 9.81. The van der Waals surface area contributed by atoms with E-state index >= 15 is 0 Å². The third-order valence-electron chi connectivity index (χ3n) is 7.39. The third kappa shape index (κ3) is 8.67. The summed E-state index contributed by atoms with van der Waals surface area (Å²) in [5.74, 6) is -5.03. The van der Waals surface area contributed by atoms with Crippen molar-refractivity contribution in [2.75, 3.05) is 13.6 Å². The van der Waals surface area contributed by atoms with Crippen molar-refractivity contribution in [2.45, 2.75) is 76.4 Å². The van der Waals surface area contributed by atoms with Gasteiger partial charge < -0.3 is 20.6 Å². The van der Waals surface area contributed by atoms with E-state index in [4.69, 9.17) is 0 Å². The number of nitrogens with one attached hydrogen (secondary N) is 2. The number of hydrogen-bond acceptors (Lipinski definition) is 8. The molecule has 0 bridgehead atoms. The molecule has 3 amide bonds. The highest BCUT2D eigenvalue weighted by Crippen LogP contribution is 2.41. The van der Waals surface area contributed by atoms with Gasteiger partial charge in [-0.2, -0.15) is 28.2 Å². The van der Waals surface area contributed by atoms with Crippen LogP contribution >= 0.6 is 0 Å². The predicted octanol–water partition coefficient (Wildman–Crippen LogP) is 2.55. The third-order valence-corrected chi connectivity index (χ3v) is 7.39. The SMILES string of the molecule is CC(=O)N(C)CCn1ncc(C(=O)N[C@H](c2cn3ncc([C@@H](O)NC(=O)CCC(F)(F)F)cc3n2)C2CCC(F)(F)CC2)n1. The van der Waals surface area contributed by atoms with Crippen molar-refractivity contribution in [1.82, 2.24) is 45.1 Å². The summed E-state index contributed by atoms with van der Waals surface area (Å²) in [5, 5.41) is 27.6. The number of alkyl halides is 5. The summed E-state index contributed by atoms with van der Waals surface area (Å²) < 4.78 is 66.5. The number of nitrogens with zero attached hydrogens (tertiary/aromatic N) is 7. The lowest BCUT2D eigenvalue weighted by molar-refractivity contribution is -0.145. The lowest BCUT2D eigenvalue weighted by Crippen LogP contribution is -2.37. The van der Waals surface area contributed by atoms with Gasteiger partial charge >= 0.3 is 6.18 Å². The van der Waals surface area contributed by atoms with Crippen molar-refractivity contribution in [2.24, 2.45) is 5.92 Å². The highest BCUT2D eigenvalue weighted by Gasteiger charge is 2.39. The van der Waals surface area contributed by atoms with Gasteiger partial charge in [0.2, 0.25) is 17.7 Å². The van der Waals surface area contributed by atoms with E-state index in [2.05, 4.69) is 30.9 Å². The number of likely N-dealkylation sites (N-methyl/N-ethyl adjacent to an activating group) is 1. The fourth-order valence-electron chi connectivity index (χ4n) is 4.72. The van der Waals surface area contributed by atoms with E-state index in [0.29, 0.717) is 6.54 Å². The van der Waals surface area contributed by atoms with E-state index in [1.165, 1.54) is 45.8 Å². The van der Waals surface area contributed by atoms with Crippen LogP contribution in [0.2, 0.25) is 0 Å². The van der Waals surface area contributed by atoms with Gasteiger partial charge in [-0.3, -0.25) is 14.4 Å². The Labute approximate surface area is 247 Å². The van der Waals surface area contributed by atoms with Gasteiger partial charge in [-0.25, -0.2) is 18.3 Å². The predicted molar refractivity (Wildman–Crippen MR) is 142 cm³/mol. The molecule has 0 aliphatic heterocycles. The minimum atomic E-state index is -4.53. The molecule has 0 spiro atoms. The fourth-order valence-corrected chi connectivity index (χ4v) is 4.72. The molecule has 0 unspecified atom stereocenters. The number of amides is 3. The molecule has 240 valence electrons. The summed E-state index contributed by atoms with van der Waals surface area (Å²) in [5.41, 5.74) is 0.467. The molecular weight excluding hydrogens is 597 g/mol. The van der Waals surface area contributed by atoms with Gasteiger partial charge in [0.05, 0.1) is 43.3 Å². The molecule has 4 rings (SSSR count). The van der Waals surface area contributed by atoms with Crippen molar-refractivity contribution >= 4 is 23.4 Å². The van der Waals surface area contributed by atoms with Gasteiger partial charge in [0.1, 0.15) is 0 Å². The Kier molecular flexibility index (Phi) is 9.80. The van der Waals surface area contributed by atoms with Crippen LogP contribution in [0.15, 0.2) is 24.7 Å². The molecule has 1 fully saturated rings. The molecule has 0 saturated heterocycles. The summed E-state index contributed by atoms with van der Waals surface area (Å²) in [6, 6.07) is 0.521. The van der Waals surface area contributed by atoms with Crippen molar-refractivity contribution in [3.05, 3.63) is 41.6 Å². The molecule has 0 radical (unpaired) electrons. The molecule has 13 nitrogen and oxygen atoms in total. The number of aliphatic hydroxyl groups excluding tert-OH is 1. The second kappa shape index (κ2) is 13.2. The second-order valence-electron chi connectivity index (χ2n) is 10.8. The summed E-state index contributed by atoms with van der Waals surface area (Å²) in [7, 11) is 1.61. The molecule has 1 saturated carbocycles. The first-order valence-corrected chi connectivity index (χ1v) is 13.8. The van der Waals surface area contributed by atoms with E-state index in [0.717, 1.165) is 0 Å². The topological polar surface area (TPSA) is 160 Å². The number of fused-ring (bicyclic) bond motifs is 1. The number of aromatic nitrogens is 6. The first-order valence-electron chi connectivity index (χ1n) is 13.8. The lowest BCUT2D eigenvalue weighted by Gasteiger charge is -2.33. The Morgan fingerprint density at radius 2 is 1.86 bits per heavy atom. The zero-order valence-corrected chi connectivity index (χ0v) is 23.9. The molecule has 1 aliphatic rings. The Morgan fingerprint density at radius 3 is 2.52 bits per heavy atom. The van der Waals surface area contributed by atoms with Crippen LogP contribution in [-0.2, 0) is 16.1 Å². The van der Waals surface area contributed by atoms with E-state index in [1.807, 2.05) is 0 Å². The van der Waals surface area contributed by atoms with Crippen LogP contribution in [0, 0.1) is 5.92 Å². The molecule has 18 heteroatoms. The maximum atomic E-state index is 14.0. The monoisotopic (exact) mass is 629 g/mol. The minimum absolute atomic E-state index is 0.0322. The second-order valence-corrected chi connectivity index (χ2v) is 10.8. The van der Waals surface area contributed by atoms with Gasteiger partial charge in [-0.15, -0.1) is 5.10 Å². The van der Waals surface area contributed by atoms with Crippen LogP contribution in [0.4, 0.5) is 22.0 Å². The highest BCUT2D eigenvalue weighted by molar-refractivity contribution is 5.92. The molecule has 2 atom stereocenters. The molecule has 3 aromatic rings. The van der Waals surface area contributed by atoms with E-state index < -0.39 is 54.9 Å². The molecule has 3 N–H and O–H groups in total. The van der Waals surface area contributed by atoms with E-state index in [9.17, 15) is 41.4 Å². The van der Waals surface area contributed by atoms with Crippen LogP contribution in [-0.4, -0.2) is 83.0 Å². The first kappa shape index (κ1) is 32.7. The number of aliphatic hydroxyl groups is 1. The number of carbonyl (C=O) groups is 3. The maximum Gasteiger partial charge on any atom is 0.389 e. The molecular formula is C26H32F5N9O4. The van der Waals surface area contributed by atoms with Gasteiger partial charge in [0.15, 0.2) is 17.6 Å². The quantitative estimate of drug-likeness (QED) is 0.216. The largest absolute Gasteiger partial charge is 0.389 e. The van der Waals surface area contributed by atoms with Gasteiger partial charge in [0, 0.05) is 45.3 Å². The van der Waals surface area contributed by atoms with E-state index in [1.54, 1.807) is 7.05 Å². The van der Waals surface area contributed by atoms with Crippen molar-refractivity contribution in [3.63, 3.8) is 0 Å². The average Bonchev–Trinajstić information content (AvgIpc) is 3.60. The van der Waals surface area contributed by atoms with Crippen LogP contribution in [0.1, 0.15) is 79.5 Å². The fraction of sp³-hybridized carbons (Fsp3) is 0.577. The Morgan fingerprint density at radius 1 is 1.16 bits per heavy atom. The number of rotatable bonds is 11. The Balaban J connectivity index is 1.52. The minimum Gasteiger partial charge on any atom is -0.369 e. The van der Waals surface area contributed by atoms with Crippen LogP contribution in [0.5, 0.6) is 0 Å². The summed E-state index contributed by atoms with van der Waals surface area (Å²) in [6.45, 7) is 1.96. The summed E-state index contributed by atoms with van der Waals surface area (Å²) >= 11 is 0. The molecule has 1 aliphatic carbocycles. The highest BCUT2D eigenvalue weighted by atomic mass is 19.4. The van der Waals surface area contributed by atoms with Gasteiger partial charge in [0.25, 0.3) is 5.91 Å². The number of carbonyl (C=O) groups excluding carboxylic acids is 3. The van der Waals surface area contributed by atoms with Gasteiger partial charge in [-0.05, 0) is 24.8 Å². The smallest absolute Gasteiger partial charge is 0.369 e. The zero-order chi connectivity index (χ0) is 32.2. The molecule has 0 aromatic carbocycles.